The van der Waals surface area contributed by atoms with Crippen molar-refractivity contribution in [1.82, 2.24) is 20.4 Å². The van der Waals surface area contributed by atoms with E-state index in [1.165, 1.54) is 18.5 Å². The first kappa shape index (κ1) is 21.1. The van der Waals surface area contributed by atoms with Crippen LogP contribution in [0.3, 0.4) is 0 Å². The maximum atomic E-state index is 13.5. The number of alkyl halides is 2. The third-order valence-electron chi connectivity index (χ3n) is 4.75. The first-order valence-electron chi connectivity index (χ1n) is 9.12. The Bertz CT molecular complexity index is 1020. The smallest absolute Gasteiger partial charge is 0.268 e. The van der Waals surface area contributed by atoms with Crippen LogP contribution >= 0.6 is 0 Å². The highest BCUT2D eigenvalue weighted by molar-refractivity contribution is 6.00. The second-order valence-corrected chi connectivity index (χ2v) is 6.94. The second kappa shape index (κ2) is 8.41. The molecule has 0 spiro atoms. The minimum atomic E-state index is -3.11. The monoisotopic (exact) mass is 415 g/mol. The van der Waals surface area contributed by atoms with Gasteiger partial charge in [-0.25, -0.2) is 8.78 Å². The maximum Gasteiger partial charge on any atom is 0.268 e. The van der Waals surface area contributed by atoms with E-state index >= 15 is 0 Å². The summed E-state index contributed by atoms with van der Waals surface area (Å²) in [5.74, 6) is -3.79. The predicted octanol–water partition coefficient (Wildman–Crippen LogP) is 2.35. The van der Waals surface area contributed by atoms with Crippen LogP contribution in [0.1, 0.15) is 39.4 Å². The van der Waals surface area contributed by atoms with Gasteiger partial charge in [-0.15, -0.1) is 0 Å². The molecule has 3 rings (SSSR count). The Kier molecular flexibility index (Phi) is 5.91. The Labute approximate surface area is 171 Å². The Morgan fingerprint density at radius 1 is 1.43 bits per heavy atom. The molecule has 1 unspecified atom stereocenters. The molecule has 30 heavy (non-hydrogen) atoms. The lowest BCUT2D eigenvalue weighted by Crippen LogP contribution is -2.43. The highest BCUT2D eigenvalue weighted by Crippen LogP contribution is 2.31. The number of nitriles is 1. The SMILES string of the molecule is Cc1noc(C)c1/C=C/c1cnccc1C(=O)NCC(=O)N1CC(F)(F)CC1C#N. The topological polar surface area (TPSA) is 112 Å². The molecule has 156 valence electrons. The number of amides is 2. The van der Waals surface area contributed by atoms with Gasteiger partial charge < -0.3 is 14.7 Å². The molecular weight excluding hydrogens is 396 g/mol. The molecule has 0 aliphatic carbocycles. The zero-order chi connectivity index (χ0) is 21.9. The van der Waals surface area contributed by atoms with Gasteiger partial charge in [-0.3, -0.25) is 14.6 Å². The van der Waals surface area contributed by atoms with E-state index < -0.39 is 43.3 Å². The lowest BCUT2D eigenvalue weighted by Gasteiger charge is -2.19. The van der Waals surface area contributed by atoms with Gasteiger partial charge in [0.15, 0.2) is 0 Å². The van der Waals surface area contributed by atoms with Crippen molar-refractivity contribution in [1.29, 1.82) is 5.26 Å². The number of nitrogens with one attached hydrogen (secondary N) is 1. The van der Waals surface area contributed by atoms with Gasteiger partial charge in [-0.2, -0.15) is 5.26 Å². The summed E-state index contributed by atoms with van der Waals surface area (Å²) in [6.07, 6.45) is 5.62. The standard InChI is InChI=1S/C20H19F2N5O3/c1-12-16(13(2)30-26-12)4-3-14-9-24-6-5-17(14)19(29)25-10-18(28)27-11-20(21,22)7-15(27)8-23/h3-6,9,15H,7,10-11H2,1-2H3,(H,25,29)/b4-3+. The molecule has 1 fully saturated rings. The first-order valence-corrected chi connectivity index (χ1v) is 9.12. The number of nitrogens with zero attached hydrogens (tertiary/aromatic N) is 4. The zero-order valence-corrected chi connectivity index (χ0v) is 16.4. The third kappa shape index (κ3) is 4.51. The predicted molar refractivity (Wildman–Crippen MR) is 102 cm³/mol. The molecule has 10 heteroatoms. The van der Waals surface area contributed by atoms with Crippen LogP contribution in [-0.4, -0.2) is 51.9 Å². The minimum absolute atomic E-state index is 0.254. The Morgan fingerprint density at radius 2 is 2.20 bits per heavy atom. The number of halogens is 2. The Morgan fingerprint density at radius 3 is 2.87 bits per heavy atom. The van der Waals surface area contributed by atoms with E-state index in [1.54, 1.807) is 32.1 Å². The average molecular weight is 415 g/mol. The summed E-state index contributed by atoms with van der Waals surface area (Å²) < 4.78 is 32.1. The van der Waals surface area contributed by atoms with Crippen LogP contribution in [0.25, 0.3) is 12.2 Å². The molecule has 3 heterocycles. The molecule has 0 radical (unpaired) electrons. The summed E-state index contributed by atoms with van der Waals surface area (Å²) in [4.78, 5) is 29.6. The van der Waals surface area contributed by atoms with E-state index in [0.29, 0.717) is 17.0 Å². The van der Waals surface area contributed by atoms with E-state index in [4.69, 9.17) is 9.78 Å². The second-order valence-electron chi connectivity index (χ2n) is 6.94. The molecule has 1 atom stereocenters. The van der Waals surface area contributed by atoms with Crippen molar-refractivity contribution in [3.05, 3.63) is 46.6 Å². The minimum Gasteiger partial charge on any atom is -0.361 e. The quantitative estimate of drug-likeness (QED) is 0.802. The van der Waals surface area contributed by atoms with Gasteiger partial charge >= 0.3 is 0 Å². The van der Waals surface area contributed by atoms with Crippen LogP contribution in [0.15, 0.2) is 23.0 Å². The highest BCUT2D eigenvalue weighted by Gasteiger charge is 2.47. The summed E-state index contributed by atoms with van der Waals surface area (Å²) in [5.41, 5.74) is 2.21. The molecule has 1 N–H and O–H groups in total. The summed E-state index contributed by atoms with van der Waals surface area (Å²) in [7, 11) is 0. The average Bonchev–Trinajstić information content (AvgIpc) is 3.22. The van der Waals surface area contributed by atoms with Crippen molar-refractivity contribution in [2.75, 3.05) is 13.1 Å². The number of pyridine rings is 1. The summed E-state index contributed by atoms with van der Waals surface area (Å²) >= 11 is 0. The number of rotatable bonds is 5. The number of likely N-dealkylation sites (tertiary alicyclic amines) is 1. The maximum absolute atomic E-state index is 13.5. The first-order chi connectivity index (χ1) is 14.2. The number of carbonyl (C=O) groups is 2. The van der Waals surface area contributed by atoms with E-state index in [-0.39, 0.29) is 5.56 Å². The Hall–Kier alpha value is -3.61. The zero-order valence-electron chi connectivity index (χ0n) is 16.4. The molecule has 1 saturated heterocycles. The van der Waals surface area contributed by atoms with Crippen LogP contribution in [0, 0.1) is 25.2 Å². The fraction of sp³-hybridized carbons (Fsp3) is 0.350. The van der Waals surface area contributed by atoms with E-state index in [1.807, 2.05) is 0 Å². The summed E-state index contributed by atoms with van der Waals surface area (Å²) in [5, 5.41) is 15.3. The van der Waals surface area contributed by atoms with Crippen molar-refractivity contribution in [3.8, 4) is 6.07 Å². The third-order valence-corrected chi connectivity index (χ3v) is 4.75. The van der Waals surface area contributed by atoms with Gasteiger partial charge in [0.25, 0.3) is 11.8 Å². The van der Waals surface area contributed by atoms with Gasteiger partial charge in [0, 0.05) is 35.5 Å². The largest absolute Gasteiger partial charge is 0.361 e. The van der Waals surface area contributed by atoms with Crippen LogP contribution in [0.5, 0.6) is 0 Å². The fourth-order valence-corrected chi connectivity index (χ4v) is 3.19. The van der Waals surface area contributed by atoms with Crippen LogP contribution in [0.2, 0.25) is 0 Å². The molecule has 0 aromatic carbocycles. The summed E-state index contributed by atoms with van der Waals surface area (Å²) in [6.45, 7) is 2.22. The fourth-order valence-electron chi connectivity index (χ4n) is 3.19. The molecule has 1 aliphatic heterocycles. The van der Waals surface area contributed by atoms with Gasteiger partial charge in [-0.1, -0.05) is 11.2 Å². The molecule has 8 nitrogen and oxygen atoms in total. The van der Waals surface area contributed by atoms with Gasteiger partial charge in [0.1, 0.15) is 11.8 Å². The van der Waals surface area contributed by atoms with E-state index in [9.17, 15) is 18.4 Å². The van der Waals surface area contributed by atoms with Crippen LogP contribution in [-0.2, 0) is 4.79 Å². The molecule has 2 amide bonds. The number of carbonyl (C=O) groups excluding carboxylic acids is 2. The van der Waals surface area contributed by atoms with Gasteiger partial charge in [0.2, 0.25) is 5.91 Å². The van der Waals surface area contributed by atoms with Crippen LogP contribution in [0.4, 0.5) is 8.78 Å². The van der Waals surface area contributed by atoms with Crippen molar-refractivity contribution in [2.45, 2.75) is 32.2 Å². The van der Waals surface area contributed by atoms with Crippen molar-refractivity contribution in [2.24, 2.45) is 0 Å². The van der Waals surface area contributed by atoms with Gasteiger partial charge in [-0.05, 0) is 26.0 Å². The summed E-state index contributed by atoms with van der Waals surface area (Å²) in [6, 6.07) is 1.97. The van der Waals surface area contributed by atoms with Crippen LogP contribution < -0.4 is 5.32 Å². The number of hydrogen-bond acceptors (Lipinski definition) is 6. The number of aromatic nitrogens is 2. The number of hydrogen-bond donors (Lipinski definition) is 1. The van der Waals surface area contributed by atoms with E-state index in [2.05, 4.69) is 15.5 Å². The lowest BCUT2D eigenvalue weighted by molar-refractivity contribution is -0.131. The molecule has 2 aromatic rings. The molecule has 2 aromatic heterocycles. The number of aryl methyl sites for hydroxylation is 2. The molecule has 0 bridgehead atoms. The van der Waals surface area contributed by atoms with Gasteiger partial charge in [0.05, 0.1) is 24.9 Å². The normalized spacial score (nSPS) is 17.8. The molecule has 1 aliphatic rings. The molecule has 0 saturated carbocycles. The van der Waals surface area contributed by atoms with Crippen molar-refractivity contribution in [3.63, 3.8) is 0 Å². The highest BCUT2D eigenvalue weighted by atomic mass is 19.3. The van der Waals surface area contributed by atoms with Crippen molar-refractivity contribution < 1.29 is 22.9 Å². The van der Waals surface area contributed by atoms with E-state index in [0.717, 1.165) is 10.5 Å². The Balaban J connectivity index is 1.69. The lowest BCUT2D eigenvalue weighted by atomic mass is 10.1. The van der Waals surface area contributed by atoms with Crippen molar-refractivity contribution >= 4 is 24.0 Å². The molecular formula is C20H19F2N5O3.